The van der Waals surface area contributed by atoms with E-state index < -0.39 is 0 Å². The number of benzene rings is 9. The summed E-state index contributed by atoms with van der Waals surface area (Å²) < 4.78 is 80.1. The molecule has 9 aromatic rings. The van der Waals surface area contributed by atoms with E-state index in [1.54, 1.807) is 97.3 Å². The van der Waals surface area contributed by atoms with Gasteiger partial charge in [-0.2, -0.15) is 0 Å². The van der Waals surface area contributed by atoms with Crippen molar-refractivity contribution in [2.75, 3.05) is 96.6 Å². The van der Waals surface area contributed by atoms with Gasteiger partial charge in [0.15, 0.2) is 18.9 Å². The van der Waals surface area contributed by atoms with Crippen molar-refractivity contribution in [2.24, 2.45) is 17.8 Å². The Morgan fingerprint density at radius 2 is 0.533 bits per heavy atom. The van der Waals surface area contributed by atoms with Gasteiger partial charge in [-0.1, -0.05) is 109 Å². The second-order valence-electron chi connectivity index (χ2n) is 28.2. The molecule has 3 fully saturated rings. The van der Waals surface area contributed by atoms with Crippen molar-refractivity contribution in [3.63, 3.8) is 0 Å². The van der Waals surface area contributed by atoms with Crippen LogP contribution in [0.25, 0.3) is 33.4 Å². The Bertz CT molecular complexity index is 4090. The molecule has 0 radical (unpaired) electrons. The summed E-state index contributed by atoms with van der Waals surface area (Å²) in [5, 5.41) is 30.1. The Hall–Kier alpha value is -9.45. The number of phenolic OH excluding ortho intramolecular Hbond substituents is 3. The normalized spacial score (nSPS) is 16.6. The Morgan fingerprint density at radius 3 is 0.762 bits per heavy atom. The molecule has 3 aliphatic heterocycles. The number of anilines is 3. The Morgan fingerprint density at radius 1 is 0.295 bits per heavy atom. The number of fused-ring (bicyclic) bond motifs is 3. The molecule has 12 nitrogen and oxygen atoms in total. The maximum Gasteiger partial charge on any atom is 0.159 e. The number of rotatable bonds is 18. The molecule has 0 saturated carbocycles. The van der Waals surface area contributed by atoms with Gasteiger partial charge in [-0.3, -0.25) is 0 Å². The highest BCUT2D eigenvalue weighted by Crippen LogP contribution is 2.47. The van der Waals surface area contributed by atoms with E-state index in [2.05, 4.69) is 51.1 Å². The maximum absolute atomic E-state index is 15.8. The van der Waals surface area contributed by atoms with E-state index in [0.717, 1.165) is 217 Å². The van der Waals surface area contributed by atoms with Crippen molar-refractivity contribution in [3.05, 3.63) is 284 Å². The molecule has 0 bridgehead atoms. The van der Waals surface area contributed by atoms with Gasteiger partial charge in [0, 0.05) is 133 Å². The van der Waals surface area contributed by atoms with E-state index in [1.807, 2.05) is 109 Å². The fourth-order valence-electron chi connectivity index (χ4n) is 16.9. The van der Waals surface area contributed by atoms with Crippen LogP contribution in [0.4, 0.5) is 30.2 Å². The molecular weight excluding hydrogens is 1320 g/mol. The van der Waals surface area contributed by atoms with Gasteiger partial charge in [0.1, 0.15) is 34.7 Å². The summed E-state index contributed by atoms with van der Waals surface area (Å²) in [6.07, 6.45) is 9.91. The molecule has 3 heterocycles. The Balaban J connectivity index is 0.000000140. The molecule has 15 rings (SSSR count). The third-order valence-corrected chi connectivity index (χ3v) is 22.2. The average Bonchev–Trinajstić information content (AvgIpc) is 0.771. The van der Waals surface area contributed by atoms with Crippen molar-refractivity contribution < 1.29 is 56.9 Å². The minimum Gasteiger partial charge on any atom is -0.508 e. The van der Waals surface area contributed by atoms with Gasteiger partial charge >= 0.3 is 0 Å². The van der Waals surface area contributed by atoms with Crippen LogP contribution in [0.5, 0.6) is 17.2 Å². The molecule has 105 heavy (non-hydrogen) atoms. The van der Waals surface area contributed by atoms with Gasteiger partial charge in [-0.05, 0) is 252 Å². The molecule has 3 aliphatic carbocycles. The number of nitrogens with zero attached hydrogens (tertiary/aromatic N) is 3. The summed E-state index contributed by atoms with van der Waals surface area (Å²) in [6.45, 7) is 5.04. The summed E-state index contributed by atoms with van der Waals surface area (Å²) in [5.74, 6) is 1.11. The average molecular weight is 1420 g/mol. The van der Waals surface area contributed by atoms with Crippen molar-refractivity contribution in [3.8, 4) is 17.2 Å². The molecule has 3 saturated heterocycles. The first kappa shape index (κ1) is 73.8. The lowest BCUT2D eigenvalue weighted by Crippen LogP contribution is -2.39. The molecule has 0 spiro atoms. The zero-order chi connectivity index (χ0) is 73.1. The quantitative estimate of drug-likeness (QED) is 0.0708. The molecule has 0 aromatic heterocycles. The van der Waals surface area contributed by atoms with E-state index in [9.17, 15) is 15.3 Å². The summed E-state index contributed by atoms with van der Waals surface area (Å²) in [7, 11) is 10.1. The van der Waals surface area contributed by atoms with E-state index in [1.165, 1.54) is 0 Å². The van der Waals surface area contributed by atoms with Gasteiger partial charge in [-0.25, -0.2) is 13.2 Å². The molecule has 546 valence electrons. The van der Waals surface area contributed by atoms with Gasteiger partial charge in [0.05, 0.1) is 0 Å². The fourth-order valence-corrected chi connectivity index (χ4v) is 16.9. The standard InChI is InChI=1S/3C30H32FNO3/c3*1-34-30(35-2)21-14-16-32(17-15-21)23-9-12-27(28(31)19-23)29-25(20-6-4-3-5-7-20)11-8-22-18-24(33)10-13-26(22)29/h3*3-7,9-10,12-13,18-19,21,30,33H,8,11,14-17H2,1-2H3. The second-order valence-corrected chi connectivity index (χ2v) is 28.2. The third kappa shape index (κ3) is 16.5. The summed E-state index contributed by atoms with van der Waals surface area (Å²) >= 11 is 0. The van der Waals surface area contributed by atoms with Gasteiger partial charge in [-0.15, -0.1) is 0 Å². The monoisotopic (exact) mass is 1420 g/mol. The number of piperidine rings is 3. The van der Waals surface area contributed by atoms with Crippen LogP contribution < -0.4 is 14.7 Å². The van der Waals surface area contributed by atoms with Crippen LogP contribution in [0.15, 0.2) is 200 Å². The molecule has 0 unspecified atom stereocenters. The van der Waals surface area contributed by atoms with Crippen molar-refractivity contribution in [1.82, 2.24) is 0 Å². The lowest BCUT2D eigenvalue weighted by Gasteiger charge is -2.36. The van der Waals surface area contributed by atoms with Gasteiger partial charge in [0.25, 0.3) is 0 Å². The van der Waals surface area contributed by atoms with Crippen molar-refractivity contribution in [2.45, 2.75) is 95.9 Å². The highest BCUT2D eigenvalue weighted by atomic mass is 19.1. The minimum atomic E-state index is -0.222. The molecular formula is C90H96F3N3O9. The number of hydrogen-bond donors (Lipinski definition) is 3. The van der Waals surface area contributed by atoms with Gasteiger partial charge < -0.3 is 58.4 Å². The van der Waals surface area contributed by atoms with Crippen LogP contribution in [0.3, 0.4) is 0 Å². The highest BCUT2D eigenvalue weighted by molar-refractivity contribution is 6.03. The molecule has 0 atom stereocenters. The summed E-state index contributed by atoms with van der Waals surface area (Å²) in [6, 6.07) is 63.8. The number of halogens is 3. The highest BCUT2D eigenvalue weighted by Gasteiger charge is 2.33. The number of hydrogen-bond acceptors (Lipinski definition) is 12. The Kier molecular flexibility index (Phi) is 24.1. The SMILES string of the molecule is COC(OC)C1CCN(c2ccc(C3=C(c4ccccc4)CCc4cc(O)ccc43)c(F)c2)CC1.COC(OC)C1CCN(c2ccc(C3=C(c4ccccc4)CCc4cc(O)ccc43)c(F)c2)CC1.COC(OC)C1CCN(c2ccc(C3=C(c4ccccc4)CCc4cc(O)ccc43)c(F)c2)CC1. The fraction of sp³-hybridized carbons (Fsp3) is 0.333. The Labute approximate surface area is 616 Å². The van der Waals surface area contributed by atoms with E-state index in [0.29, 0.717) is 34.4 Å². The van der Waals surface area contributed by atoms with Gasteiger partial charge in [0.2, 0.25) is 0 Å². The zero-order valence-corrected chi connectivity index (χ0v) is 61.0. The van der Waals surface area contributed by atoms with Crippen LogP contribution in [-0.2, 0) is 47.7 Å². The lowest BCUT2D eigenvalue weighted by atomic mass is 9.79. The molecule has 9 aromatic carbocycles. The van der Waals surface area contributed by atoms with E-state index in [4.69, 9.17) is 28.4 Å². The zero-order valence-electron chi connectivity index (χ0n) is 61.0. The number of methoxy groups -OCH3 is 6. The number of allylic oxidation sites excluding steroid dienone is 3. The van der Waals surface area contributed by atoms with Crippen LogP contribution in [0.1, 0.15) is 125 Å². The van der Waals surface area contributed by atoms with Crippen LogP contribution in [0.2, 0.25) is 0 Å². The van der Waals surface area contributed by atoms with Crippen molar-refractivity contribution >= 4 is 50.5 Å². The van der Waals surface area contributed by atoms with Crippen molar-refractivity contribution in [1.29, 1.82) is 0 Å². The predicted octanol–water partition coefficient (Wildman–Crippen LogP) is 18.8. The molecule has 3 N–H and O–H groups in total. The lowest BCUT2D eigenvalue weighted by molar-refractivity contribution is -0.141. The van der Waals surface area contributed by atoms with Crippen LogP contribution >= 0.6 is 0 Å². The first-order chi connectivity index (χ1) is 51.3. The number of phenols is 3. The number of aryl methyl sites for hydroxylation is 3. The van der Waals surface area contributed by atoms with Crippen LogP contribution in [-0.4, -0.2) is 116 Å². The number of ether oxygens (including phenoxy) is 6. The minimum absolute atomic E-state index is 0.189. The first-order valence-corrected chi connectivity index (χ1v) is 36.9. The van der Waals surface area contributed by atoms with E-state index in [-0.39, 0.29) is 53.6 Å². The smallest absolute Gasteiger partial charge is 0.159 e. The summed E-state index contributed by atoms with van der Waals surface area (Å²) in [4.78, 5) is 6.72. The number of aromatic hydroxyl groups is 3. The topological polar surface area (TPSA) is 126 Å². The van der Waals surface area contributed by atoms with Crippen LogP contribution in [0, 0.1) is 35.2 Å². The molecule has 0 amide bonds. The third-order valence-electron chi connectivity index (χ3n) is 22.2. The largest absolute Gasteiger partial charge is 0.508 e. The second kappa shape index (κ2) is 34.2. The first-order valence-electron chi connectivity index (χ1n) is 36.9. The molecule has 6 aliphatic rings. The molecule has 15 heteroatoms. The summed E-state index contributed by atoms with van der Waals surface area (Å²) in [5.41, 5.74) is 20.2. The predicted molar refractivity (Wildman–Crippen MR) is 414 cm³/mol. The van der Waals surface area contributed by atoms with E-state index >= 15 is 13.2 Å². The maximum atomic E-state index is 15.8.